The molecule has 0 atom stereocenters. The number of aromatic carboxylic acids is 1. The maximum Gasteiger partial charge on any atom is 0.398 e. The van der Waals surface area contributed by atoms with E-state index in [1.165, 1.54) is 55.6 Å². The highest BCUT2D eigenvalue weighted by molar-refractivity contribution is 7.93. The lowest BCUT2D eigenvalue weighted by atomic mass is 10.2. The molecule has 0 aliphatic carbocycles. The molecule has 0 fully saturated rings. The zero-order valence-electron chi connectivity index (χ0n) is 25.1. The number of nitrogens with zero attached hydrogens (tertiary/aromatic N) is 4. The van der Waals surface area contributed by atoms with Crippen LogP contribution in [0.3, 0.4) is 0 Å². The van der Waals surface area contributed by atoms with E-state index in [0.29, 0.717) is 4.68 Å². The summed E-state index contributed by atoms with van der Waals surface area (Å²) in [5, 5.41) is 35.4. The molecular formula is C28H22N8O12S2. The van der Waals surface area contributed by atoms with Crippen LogP contribution in [0.2, 0.25) is 0 Å². The molecule has 0 radical (unpaired) electrons. The number of nitro groups is 2. The van der Waals surface area contributed by atoms with E-state index in [1.54, 1.807) is 0 Å². The molecule has 4 aromatic carbocycles. The van der Waals surface area contributed by atoms with E-state index in [4.69, 9.17) is 4.74 Å². The third-order valence-electron chi connectivity index (χ3n) is 6.78. The Hall–Kier alpha value is -6.81. The normalized spacial score (nSPS) is 11.4. The molecule has 20 nitrogen and oxygen atoms in total. The van der Waals surface area contributed by atoms with Gasteiger partial charge < -0.3 is 20.0 Å². The molecule has 0 spiro atoms. The molecule has 22 heteroatoms. The Morgan fingerprint density at radius 3 is 2.22 bits per heavy atom. The predicted molar refractivity (Wildman–Crippen MR) is 175 cm³/mol. The van der Waals surface area contributed by atoms with Gasteiger partial charge in [-0.1, -0.05) is 22.9 Å². The molecule has 0 aliphatic rings. The van der Waals surface area contributed by atoms with Gasteiger partial charge in [-0.2, -0.15) is 0 Å². The van der Waals surface area contributed by atoms with Crippen molar-refractivity contribution in [1.82, 2.24) is 15.2 Å². The van der Waals surface area contributed by atoms with Gasteiger partial charge in [0, 0.05) is 18.2 Å². The Morgan fingerprint density at radius 1 is 0.840 bits per heavy atom. The second-order valence-corrected chi connectivity index (χ2v) is 13.3. The number of hydrazine groups is 1. The first kappa shape index (κ1) is 34.5. The van der Waals surface area contributed by atoms with Gasteiger partial charge in [0.05, 0.1) is 44.7 Å². The van der Waals surface area contributed by atoms with E-state index >= 15 is 0 Å². The fourth-order valence-corrected chi connectivity index (χ4v) is 6.90. The lowest BCUT2D eigenvalue weighted by Gasteiger charge is -2.15. The smallest absolute Gasteiger partial charge is 0.398 e. The van der Waals surface area contributed by atoms with Crippen molar-refractivity contribution < 1.29 is 46.1 Å². The van der Waals surface area contributed by atoms with Gasteiger partial charge >= 0.3 is 17.8 Å². The number of hydrogen-bond donors (Lipinski definition) is 5. The number of methoxy groups -OCH3 is 1. The van der Waals surface area contributed by atoms with Crippen LogP contribution in [-0.2, 0) is 20.0 Å². The van der Waals surface area contributed by atoms with Crippen molar-refractivity contribution >= 4 is 71.5 Å². The summed E-state index contributed by atoms with van der Waals surface area (Å²) in [6, 6.07) is 15.5. The van der Waals surface area contributed by atoms with Crippen molar-refractivity contribution in [2.45, 2.75) is 9.79 Å². The number of hydrogen-bond acceptors (Lipinski definition) is 13. The molecule has 5 N–H and O–H groups in total. The number of non-ortho nitro benzene ring substituents is 1. The van der Waals surface area contributed by atoms with Gasteiger partial charge in [0.15, 0.2) is 0 Å². The van der Waals surface area contributed by atoms with E-state index in [0.717, 1.165) is 36.4 Å². The number of rotatable bonds is 12. The third-order valence-corrected chi connectivity index (χ3v) is 9.60. The van der Waals surface area contributed by atoms with E-state index in [1.807, 2.05) is 0 Å². The van der Waals surface area contributed by atoms with Crippen molar-refractivity contribution in [2.24, 2.45) is 0 Å². The molecule has 50 heavy (non-hydrogen) atoms. The maximum absolute atomic E-state index is 13.2. The number of carbonyl (C=O) groups excluding carboxylic acids is 1. The summed E-state index contributed by atoms with van der Waals surface area (Å²) in [4.78, 5) is 44.5. The van der Waals surface area contributed by atoms with E-state index in [9.17, 15) is 51.8 Å². The lowest BCUT2D eigenvalue weighted by molar-refractivity contribution is -0.388. The van der Waals surface area contributed by atoms with Gasteiger partial charge in [-0.3, -0.25) is 25.0 Å². The molecule has 1 aromatic heterocycles. The molecule has 1 amide bonds. The molecule has 258 valence electrons. The van der Waals surface area contributed by atoms with Gasteiger partial charge in [-0.25, -0.2) is 31.9 Å². The Labute approximate surface area is 280 Å². The summed E-state index contributed by atoms with van der Waals surface area (Å²) < 4.78 is 62.7. The fraction of sp³-hybridized carbons (Fsp3) is 0.0357. The van der Waals surface area contributed by atoms with Crippen LogP contribution in [0.1, 0.15) is 10.4 Å². The number of ether oxygens (including phenoxy) is 1. The number of carbonyl (C=O) groups is 2. The highest BCUT2D eigenvalue weighted by atomic mass is 32.2. The quantitative estimate of drug-likeness (QED) is 0.0904. The molecule has 0 bridgehead atoms. The first-order valence-corrected chi connectivity index (χ1v) is 16.6. The Kier molecular flexibility index (Phi) is 9.23. The SMILES string of the molecule is COc1cc(NS(=O)(=O)c2cccc(NS(=O)(=O)c3ccccc3C(=O)O)c2)ccc1NNC(=O)n1nc([N+](=O)[O-])c2cc([N+](=O)[O-])ccc21. The number of aromatic nitrogens is 2. The maximum atomic E-state index is 13.2. The summed E-state index contributed by atoms with van der Waals surface area (Å²) >= 11 is 0. The minimum Gasteiger partial charge on any atom is -0.494 e. The van der Waals surface area contributed by atoms with Crippen LogP contribution in [0.15, 0.2) is 94.7 Å². The topological polar surface area (TPSA) is 284 Å². The van der Waals surface area contributed by atoms with Gasteiger partial charge in [0.2, 0.25) is 0 Å². The molecule has 0 saturated heterocycles. The highest BCUT2D eigenvalue weighted by Crippen LogP contribution is 2.31. The number of anilines is 3. The van der Waals surface area contributed by atoms with Crippen molar-refractivity contribution in [3.63, 3.8) is 0 Å². The van der Waals surface area contributed by atoms with Crippen LogP contribution in [0.25, 0.3) is 10.9 Å². The second kappa shape index (κ2) is 13.4. The number of carboxylic acid groups (broad SMARTS) is 1. The van der Waals surface area contributed by atoms with E-state index in [-0.39, 0.29) is 38.6 Å². The van der Waals surface area contributed by atoms with E-state index < -0.39 is 63.9 Å². The Balaban J connectivity index is 1.32. The van der Waals surface area contributed by atoms with Gasteiger partial charge in [-0.15, -0.1) is 0 Å². The number of nitrogens with one attached hydrogen (secondary N) is 4. The summed E-state index contributed by atoms with van der Waals surface area (Å²) in [6.07, 6.45) is 0. The summed E-state index contributed by atoms with van der Waals surface area (Å²) in [7, 11) is -7.53. The van der Waals surface area contributed by atoms with Crippen LogP contribution in [-0.4, -0.2) is 60.7 Å². The van der Waals surface area contributed by atoms with Crippen LogP contribution in [0.5, 0.6) is 5.75 Å². The fourth-order valence-electron chi connectivity index (χ4n) is 4.55. The van der Waals surface area contributed by atoms with Crippen LogP contribution in [0.4, 0.5) is 33.4 Å². The molecular weight excluding hydrogens is 704 g/mol. The van der Waals surface area contributed by atoms with Gasteiger partial charge in [0.25, 0.3) is 25.7 Å². The largest absolute Gasteiger partial charge is 0.494 e. The molecule has 1 heterocycles. The minimum atomic E-state index is -4.43. The van der Waals surface area contributed by atoms with Crippen molar-refractivity contribution in [1.29, 1.82) is 0 Å². The van der Waals surface area contributed by atoms with Crippen LogP contribution < -0.4 is 25.0 Å². The molecule has 5 rings (SSSR count). The monoisotopic (exact) mass is 726 g/mol. The molecule has 5 aromatic rings. The lowest BCUT2D eigenvalue weighted by Crippen LogP contribution is -2.34. The Bertz CT molecular complexity index is 2430. The van der Waals surface area contributed by atoms with Crippen LogP contribution >= 0.6 is 0 Å². The predicted octanol–water partition coefficient (Wildman–Crippen LogP) is 3.75. The highest BCUT2D eigenvalue weighted by Gasteiger charge is 2.28. The zero-order chi connectivity index (χ0) is 36.4. The van der Waals surface area contributed by atoms with Crippen molar-refractivity contribution in [3.8, 4) is 5.75 Å². The first-order valence-electron chi connectivity index (χ1n) is 13.7. The Morgan fingerprint density at radius 2 is 1.54 bits per heavy atom. The number of carboxylic acids is 1. The average molecular weight is 727 g/mol. The standard InChI is InChI=1S/C28H22N8O12S2/c1-48-24-14-17(9-11-22(24)29-30-28(39)34-23-12-10-18(35(40)41)15-21(23)26(31-34)36(42)43)32-49(44,45)19-6-4-5-16(13-19)33-50(46,47)25-8-3-2-7-20(25)27(37)38/h2-15,29,32-33H,1H3,(H,30,39)(H,37,38). The average Bonchev–Trinajstić information content (AvgIpc) is 3.47. The first-order chi connectivity index (χ1) is 23.6. The minimum absolute atomic E-state index is 0.0102. The van der Waals surface area contributed by atoms with Crippen molar-refractivity contribution in [2.75, 3.05) is 22.0 Å². The summed E-state index contributed by atoms with van der Waals surface area (Å²) in [6.45, 7) is 0. The number of sulfonamides is 2. The molecule has 0 aliphatic heterocycles. The zero-order valence-corrected chi connectivity index (χ0v) is 26.8. The van der Waals surface area contributed by atoms with E-state index in [2.05, 4.69) is 25.4 Å². The second-order valence-electron chi connectivity index (χ2n) is 9.96. The van der Waals surface area contributed by atoms with Gasteiger partial charge in [0.1, 0.15) is 21.5 Å². The van der Waals surface area contributed by atoms with Crippen LogP contribution in [0, 0.1) is 20.2 Å². The van der Waals surface area contributed by atoms with Gasteiger partial charge in [-0.05, 0) is 53.5 Å². The third kappa shape index (κ3) is 7.04. The number of nitro benzene ring substituents is 1. The molecule has 0 saturated carbocycles. The summed E-state index contributed by atoms with van der Waals surface area (Å²) in [5.74, 6) is -2.26. The molecule has 0 unspecified atom stereocenters. The number of fused-ring (bicyclic) bond motifs is 1. The number of amides is 1. The summed E-state index contributed by atoms with van der Waals surface area (Å²) in [5.41, 5.74) is 3.67. The number of benzene rings is 4. The van der Waals surface area contributed by atoms with Crippen molar-refractivity contribution in [3.05, 3.63) is 111 Å².